The van der Waals surface area contributed by atoms with Gasteiger partial charge < -0.3 is 24.4 Å². The molecule has 2 aromatic carbocycles. The minimum atomic E-state index is -0.973. The second-order valence-electron chi connectivity index (χ2n) is 9.53. The normalized spacial score (nSPS) is 14.2. The third kappa shape index (κ3) is 6.85. The number of aromatic nitrogens is 2. The monoisotopic (exact) mass is 532 g/mol. The van der Waals surface area contributed by atoms with Gasteiger partial charge in [-0.15, -0.1) is 0 Å². The molecule has 0 unspecified atom stereocenters. The second-order valence-corrected chi connectivity index (χ2v) is 9.53. The van der Waals surface area contributed by atoms with E-state index in [4.69, 9.17) is 14.2 Å². The summed E-state index contributed by atoms with van der Waals surface area (Å²) in [5, 5.41) is 3.22. The summed E-state index contributed by atoms with van der Waals surface area (Å²) in [6.07, 6.45) is 10.1. The lowest BCUT2D eigenvalue weighted by molar-refractivity contribution is -0.126. The maximum absolute atomic E-state index is 14.1. The fraction of sp³-hybridized carbons (Fsp3) is 0.400. The number of rotatable bonds is 11. The molecule has 1 atom stereocenters. The number of nitrogens with one attached hydrogen (secondary N) is 1. The average Bonchev–Trinajstić information content (AvgIpc) is 2.99. The van der Waals surface area contributed by atoms with Crippen LogP contribution in [0, 0.1) is 0 Å². The van der Waals surface area contributed by atoms with E-state index in [-0.39, 0.29) is 24.2 Å². The Labute approximate surface area is 229 Å². The Kier molecular flexibility index (Phi) is 9.72. The lowest BCUT2D eigenvalue weighted by Gasteiger charge is -2.33. The average molecular weight is 533 g/mol. The van der Waals surface area contributed by atoms with E-state index in [0.717, 1.165) is 37.7 Å². The van der Waals surface area contributed by atoms with Crippen molar-refractivity contribution in [3.63, 3.8) is 0 Å². The first-order chi connectivity index (χ1) is 19.0. The molecule has 1 aliphatic carbocycles. The molecule has 9 heteroatoms. The zero-order valence-electron chi connectivity index (χ0n) is 22.8. The molecule has 1 aliphatic rings. The van der Waals surface area contributed by atoms with E-state index in [1.807, 2.05) is 30.3 Å². The van der Waals surface area contributed by atoms with Gasteiger partial charge in [-0.05, 0) is 42.5 Å². The molecule has 2 amide bonds. The van der Waals surface area contributed by atoms with Gasteiger partial charge in [-0.25, -0.2) is 4.98 Å². The van der Waals surface area contributed by atoms with E-state index < -0.39 is 11.9 Å². The number of ether oxygens (including phenoxy) is 3. The molecule has 0 radical (unpaired) electrons. The second kappa shape index (κ2) is 13.6. The van der Waals surface area contributed by atoms with Crippen molar-refractivity contribution in [3.8, 4) is 17.2 Å². The predicted molar refractivity (Wildman–Crippen MR) is 147 cm³/mol. The van der Waals surface area contributed by atoms with Gasteiger partial charge in [0.15, 0.2) is 11.5 Å². The Morgan fingerprint density at radius 2 is 1.67 bits per heavy atom. The van der Waals surface area contributed by atoms with Gasteiger partial charge in [-0.2, -0.15) is 0 Å². The van der Waals surface area contributed by atoms with E-state index in [1.54, 1.807) is 17.0 Å². The van der Waals surface area contributed by atoms with Gasteiger partial charge >= 0.3 is 0 Å². The molecule has 4 rings (SSSR count). The van der Waals surface area contributed by atoms with Crippen LogP contribution in [-0.4, -0.2) is 60.6 Å². The van der Waals surface area contributed by atoms with Crippen LogP contribution in [0.1, 0.15) is 59.8 Å². The van der Waals surface area contributed by atoms with Crippen LogP contribution in [0.25, 0.3) is 0 Å². The molecule has 1 fully saturated rings. The summed E-state index contributed by atoms with van der Waals surface area (Å²) >= 11 is 0. The number of methoxy groups -OCH3 is 3. The number of hydrogen-bond acceptors (Lipinski definition) is 7. The number of amides is 2. The molecular weight excluding hydrogens is 496 g/mol. The van der Waals surface area contributed by atoms with E-state index in [1.165, 1.54) is 39.9 Å². The van der Waals surface area contributed by atoms with Crippen LogP contribution in [0.3, 0.4) is 0 Å². The van der Waals surface area contributed by atoms with Crippen LogP contribution in [0.5, 0.6) is 17.2 Å². The number of carbonyl (C=O) groups is 2. The summed E-state index contributed by atoms with van der Waals surface area (Å²) < 4.78 is 16.7. The van der Waals surface area contributed by atoms with Crippen molar-refractivity contribution in [2.24, 2.45) is 0 Å². The van der Waals surface area contributed by atoms with Gasteiger partial charge in [0.2, 0.25) is 11.7 Å². The first-order valence-corrected chi connectivity index (χ1v) is 13.3. The molecule has 1 N–H and O–H groups in total. The van der Waals surface area contributed by atoms with E-state index >= 15 is 0 Å². The highest BCUT2D eigenvalue weighted by molar-refractivity contribution is 5.96. The van der Waals surface area contributed by atoms with Crippen molar-refractivity contribution in [2.75, 3.05) is 27.9 Å². The van der Waals surface area contributed by atoms with Crippen LogP contribution >= 0.6 is 0 Å². The summed E-state index contributed by atoms with van der Waals surface area (Å²) in [5.41, 5.74) is 1.75. The number of benzene rings is 2. The van der Waals surface area contributed by atoms with Crippen LogP contribution in [0.4, 0.5) is 0 Å². The summed E-state index contributed by atoms with van der Waals surface area (Å²) in [5.74, 6) is 0.555. The quantitative estimate of drug-likeness (QED) is 0.391. The highest BCUT2D eigenvalue weighted by atomic mass is 16.5. The van der Waals surface area contributed by atoms with E-state index in [2.05, 4.69) is 15.3 Å². The molecule has 1 heterocycles. The molecule has 206 valence electrons. The molecule has 9 nitrogen and oxygen atoms in total. The maximum Gasteiger partial charge on any atom is 0.275 e. The number of nitrogens with zero attached hydrogens (tertiary/aromatic N) is 3. The Balaban J connectivity index is 1.80. The fourth-order valence-electron chi connectivity index (χ4n) is 5.06. The van der Waals surface area contributed by atoms with Gasteiger partial charge in [0.1, 0.15) is 11.7 Å². The highest BCUT2D eigenvalue weighted by Crippen LogP contribution is 2.41. The molecule has 3 aromatic rings. The molecule has 0 aliphatic heterocycles. The highest BCUT2D eigenvalue weighted by Gasteiger charge is 2.35. The predicted octanol–water partition coefficient (Wildman–Crippen LogP) is 4.38. The van der Waals surface area contributed by atoms with Gasteiger partial charge in [0.05, 0.1) is 27.5 Å². The van der Waals surface area contributed by atoms with Crippen LogP contribution < -0.4 is 19.5 Å². The smallest absolute Gasteiger partial charge is 0.275 e. The van der Waals surface area contributed by atoms with Gasteiger partial charge in [0, 0.05) is 25.0 Å². The third-order valence-corrected chi connectivity index (χ3v) is 7.04. The lowest BCUT2D eigenvalue weighted by atomic mass is 9.94. The van der Waals surface area contributed by atoms with Crippen LogP contribution in [0.15, 0.2) is 61.1 Å². The Morgan fingerprint density at radius 1 is 0.974 bits per heavy atom. The standard InChI is InChI=1S/C30H36N4O5/c1-37-25-18-22(19-26(38-2)28(25)39-3)27(29(35)33-23-12-8-5-9-13-23)34(17-14-21-10-6-4-7-11-21)30(36)24-20-31-15-16-32-24/h4,6-7,10-11,15-16,18-20,23,27H,5,8-9,12-14,17H2,1-3H3,(H,33,35)/t27-/m0/s1. The third-order valence-electron chi connectivity index (χ3n) is 7.04. The fourth-order valence-corrected chi connectivity index (χ4v) is 5.06. The largest absolute Gasteiger partial charge is 0.493 e. The van der Waals surface area contributed by atoms with Crippen molar-refractivity contribution in [1.29, 1.82) is 0 Å². The van der Waals surface area contributed by atoms with Crippen molar-refractivity contribution >= 4 is 11.8 Å². The maximum atomic E-state index is 14.1. The van der Waals surface area contributed by atoms with Crippen molar-refractivity contribution in [2.45, 2.75) is 50.6 Å². The number of carbonyl (C=O) groups excluding carboxylic acids is 2. The molecule has 1 aromatic heterocycles. The number of hydrogen-bond donors (Lipinski definition) is 1. The zero-order valence-corrected chi connectivity index (χ0v) is 22.8. The molecular formula is C30H36N4O5. The van der Waals surface area contributed by atoms with Crippen LogP contribution in [0.2, 0.25) is 0 Å². The molecule has 39 heavy (non-hydrogen) atoms. The van der Waals surface area contributed by atoms with Crippen molar-refractivity contribution < 1.29 is 23.8 Å². The lowest BCUT2D eigenvalue weighted by Crippen LogP contribution is -2.48. The van der Waals surface area contributed by atoms with Gasteiger partial charge in [0.25, 0.3) is 5.91 Å². The van der Waals surface area contributed by atoms with Gasteiger partial charge in [-0.1, -0.05) is 49.6 Å². The first-order valence-electron chi connectivity index (χ1n) is 13.3. The van der Waals surface area contributed by atoms with E-state index in [9.17, 15) is 9.59 Å². The summed E-state index contributed by atoms with van der Waals surface area (Å²) in [6.45, 7) is 0.277. The van der Waals surface area contributed by atoms with Crippen LogP contribution in [-0.2, 0) is 11.2 Å². The first kappa shape index (κ1) is 27.9. The van der Waals surface area contributed by atoms with E-state index in [0.29, 0.717) is 29.2 Å². The minimum Gasteiger partial charge on any atom is -0.493 e. The van der Waals surface area contributed by atoms with Crippen molar-refractivity contribution in [3.05, 3.63) is 77.9 Å². The van der Waals surface area contributed by atoms with Gasteiger partial charge in [-0.3, -0.25) is 14.6 Å². The Bertz CT molecular complexity index is 1210. The summed E-state index contributed by atoms with van der Waals surface area (Å²) in [4.78, 5) is 38.0. The SMILES string of the molecule is COc1cc([C@@H](C(=O)NC2CCCCC2)N(CCc2ccccc2)C(=O)c2cnccn2)cc(OC)c1OC. The topological polar surface area (TPSA) is 103 Å². The Hall–Kier alpha value is -4.14. The summed E-state index contributed by atoms with van der Waals surface area (Å²) in [6, 6.07) is 12.4. The van der Waals surface area contributed by atoms with Crippen molar-refractivity contribution in [1.82, 2.24) is 20.2 Å². The summed E-state index contributed by atoms with van der Waals surface area (Å²) in [7, 11) is 4.57. The molecule has 0 saturated heterocycles. The molecule has 0 spiro atoms. The Morgan fingerprint density at radius 3 is 2.26 bits per heavy atom. The molecule has 1 saturated carbocycles. The minimum absolute atomic E-state index is 0.0541. The zero-order chi connectivity index (χ0) is 27.6. The molecule has 0 bridgehead atoms.